The molecule has 1 heterocycles. The van der Waals surface area contributed by atoms with Crippen LogP contribution < -0.4 is 5.32 Å². The first-order valence-corrected chi connectivity index (χ1v) is 6.71. The van der Waals surface area contributed by atoms with Crippen LogP contribution in [0.25, 0.3) is 0 Å². The molecule has 0 aliphatic carbocycles. The molecule has 0 aliphatic rings. The van der Waals surface area contributed by atoms with E-state index < -0.39 is 17.7 Å². The fraction of sp³-hybridized carbons (Fsp3) is 0. The third-order valence-corrected chi connectivity index (χ3v) is 3.49. The summed E-state index contributed by atoms with van der Waals surface area (Å²) in [4.78, 5) is 26.8. The molecule has 0 aliphatic heterocycles. The molecule has 2 N–H and O–H groups in total. The van der Waals surface area contributed by atoms with Crippen LogP contribution >= 0.6 is 27.5 Å². The van der Waals surface area contributed by atoms with Crippen LogP contribution in [0.2, 0.25) is 5.15 Å². The number of amides is 1. The Hall–Kier alpha value is -1.99. The van der Waals surface area contributed by atoms with E-state index in [1.807, 2.05) is 0 Å². The molecular weight excluding hydrogens is 367 g/mol. The maximum absolute atomic E-state index is 13.1. The first-order valence-electron chi connectivity index (χ1n) is 5.54. The molecule has 1 aromatic heterocycles. The molecule has 0 spiro atoms. The summed E-state index contributed by atoms with van der Waals surface area (Å²) in [5.74, 6) is -2.70. The van der Waals surface area contributed by atoms with Gasteiger partial charge in [0.2, 0.25) is 0 Å². The molecule has 0 atom stereocenters. The second kappa shape index (κ2) is 6.19. The third-order valence-electron chi connectivity index (χ3n) is 2.53. The number of aromatic nitrogens is 1. The fourth-order valence-electron chi connectivity index (χ4n) is 1.59. The molecule has 8 heteroatoms. The van der Waals surface area contributed by atoms with Crippen LogP contribution in [0.5, 0.6) is 0 Å². The van der Waals surface area contributed by atoms with E-state index in [0.29, 0.717) is 4.47 Å². The van der Waals surface area contributed by atoms with Gasteiger partial charge in [-0.2, -0.15) is 0 Å². The molecule has 0 fully saturated rings. The number of nitrogens with zero attached hydrogens (tertiary/aromatic N) is 1. The summed E-state index contributed by atoms with van der Waals surface area (Å²) in [5.41, 5.74) is -0.253. The van der Waals surface area contributed by atoms with Gasteiger partial charge in [-0.05, 0) is 34.1 Å². The highest BCUT2D eigenvalue weighted by Crippen LogP contribution is 2.27. The molecule has 1 amide bonds. The van der Waals surface area contributed by atoms with E-state index >= 15 is 0 Å². The zero-order valence-corrected chi connectivity index (χ0v) is 12.6. The Labute approximate surface area is 131 Å². The van der Waals surface area contributed by atoms with E-state index in [0.717, 1.165) is 12.3 Å². The summed E-state index contributed by atoms with van der Waals surface area (Å²) in [5, 5.41) is 11.3. The van der Waals surface area contributed by atoms with Crippen LogP contribution in [0, 0.1) is 5.82 Å². The van der Waals surface area contributed by atoms with Crippen molar-refractivity contribution in [2.24, 2.45) is 0 Å². The van der Waals surface area contributed by atoms with Crippen LogP contribution in [-0.4, -0.2) is 22.0 Å². The number of carboxylic acids is 1. The van der Waals surface area contributed by atoms with Crippen molar-refractivity contribution in [1.29, 1.82) is 0 Å². The van der Waals surface area contributed by atoms with Crippen LogP contribution in [0.3, 0.4) is 0 Å². The van der Waals surface area contributed by atoms with Crippen molar-refractivity contribution in [3.8, 4) is 0 Å². The van der Waals surface area contributed by atoms with Gasteiger partial charge in [0.1, 0.15) is 11.0 Å². The normalized spacial score (nSPS) is 10.2. The van der Waals surface area contributed by atoms with Gasteiger partial charge in [-0.3, -0.25) is 4.79 Å². The number of anilines is 1. The minimum absolute atomic E-state index is 0.0512. The molecule has 0 saturated carbocycles. The summed E-state index contributed by atoms with van der Waals surface area (Å²) < 4.78 is 13.5. The number of para-hydroxylation sites is 1. The predicted molar refractivity (Wildman–Crippen MR) is 78.3 cm³/mol. The molecule has 5 nitrogen and oxygen atoms in total. The second-order valence-corrected chi connectivity index (χ2v) is 5.13. The average molecular weight is 374 g/mol. The molecular formula is C13H7BrClFN2O3. The van der Waals surface area contributed by atoms with Crippen molar-refractivity contribution in [2.75, 3.05) is 5.32 Å². The smallest absolute Gasteiger partial charge is 0.337 e. The van der Waals surface area contributed by atoms with Gasteiger partial charge >= 0.3 is 5.97 Å². The zero-order valence-electron chi connectivity index (χ0n) is 10.2. The molecule has 2 rings (SSSR count). The van der Waals surface area contributed by atoms with Crippen LogP contribution in [0.1, 0.15) is 20.7 Å². The summed E-state index contributed by atoms with van der Waals surface area (Å²) in [6.07, 6.45) is 0.875. The van der Waals surface area contributed by atoms with E-state index in [9.17, 15) is 14.0 Å². The SMILES string of the molecule is O=C(Nc1c(Br)cccc1C(=O)O)c1cc(F)cnc1Cl. The highest BCUT2D eigenvalue weighted by Gasteiger charge is 2.18. The fourth-order valence-corrected chi connectivity index (χ4v) is 2.25. The number of nitrogens with one attached hydrogen (secondary N) is 1. The topological polar surface area (TPSA) is 79.3 Å². The van der Waals surface area contributed by atoms with E-state index in [2.05, 4.69) is 26.2 Å². The van der Waals surface area contributed by atoms with Crippen LogP contribution in [0.4, 0.5) is 10.1 Å². The lowest BCUT2D eigenvalue weighted by atomic mass is 10.1. The zero-order chi connectivity index (χ0) is 15.6. The summed E-state index contributed by atoms with van der Waals surface area (Å²) in [6, 6.07) is 5.32. The predicted octanol–water partition coefficient (Wildman–Crippen LogP) is 3.59. The van der Waals surface area contributed by atoms with Gasteiger partial charge in [-0.15, -0.1) is 0 Å². The Morgan fingerprint density at radius 2 is 2.05 bits per heavy atom. The summed E-state index contributed by atoms with van der Waals surface area (Å²) >= 11 is 8.88. The van der Waals surface area contributed by atoms with Crippen molar-refractivity contribution >= 4 is 45.1 Å². The minimum atomic E-state index is -1.21. The average Bonchev–Trinajstić information content (AvgIpc) is 2.43. The quantitative estimate of drug-likeness (QED) is 0.806. The van der Waals surface area contributed by atoms with Crippen molar-refractivity contribution in [3.63, 3.8) is 0 Å². The largest absolute Gasteiger partial charge is 0.478 e. The molecule has 0 unspecified atom stereocenters. The molecule has 0 radical (unpaired) electrons. The lowest BCUT2D eigenvalue weighted by Crippen LogP contribution is -2.16. The van der Waals surface area contributed by atoms with Crippen molar-refractivity contribution < 1.29 is 19.1 Å². The highest BCUT2D eigenvalue weighted by atomic mass is 79.9. The summed E-state index contributed by atoms with van der Waals surface area (Å²) in [6.45, 7) is 0. The Balaban J connectivity index is 2.41. The number of pyridine rings is 1. The van der Waals surface area contributed by atoms with Gasteiger partial charge in [0.15, 0.2) is 0 Å². The van der Waals surface area contributed by atoms with Gasteiger partial charge in [-0.1, -0.05) is 17.7 Å². The maximum atomic E-state index is 13.1. The molecule has 2 aromatic rings. The maximum Gasteiger partial charge on any atom is 0.337 e. The number of carbonyl (C=O) groups is 2. The van der Waals surface area contributed by atoms with Gasteiger partial charge in [-0.25, -0.2) is 14.2 Å². The lowest BCUT2D eigenvalue weighted by Gasteiger charge is -2.11. The number of carboxylic acid groups (broad SMARTS) is 1. The number of halogens is 3. The molecule has 21 heavy (non-hydrogen) atoms. The highest BCUT2D eigenvalue weighted by molar-refractivity contribution is 9.10. The molecule has 108 valence electrons. The van der Waals surface area contributed by atoms with E-state index in [-0.39, 0.29) is 22.0 Å². The number of rotatable bonds is 3. The first kappa shape index (κ1) is 15.4. The van der Waals surface area contributed by atoms with Crippen molar-refractivity contribution in [2.45, 2.75) is 0 Å². The second-order valence-electron chi connectivity index (χ2n) is 3.91. The number of carbonyl (C=O) groups excluding carboxylic acids is 1. The van der Waals surface area contributed by atoms with Gasteiger partial charge in [0, 0.05) is 4.47 Å². The van der Waals surface area contributed by atoms with E-state index in [1.165, 1.54) is 12.1 Å². The van der Waals surface area contributed by atoms with E-state index in [1.54, 1.807) is 6.07 Å². The Kier molecular flexibility index (Phi) is 4.54. The summed E-state index contributed by atoms with van der Waals surface area (Å²) in [7, 11) is 0. The standard InChI is InChI=1S/C13H7BrClFN2O3/c14-9-3-1-2-7(13(20)21)10(9)18-12(19)8-4-6(16)5-17-11(8)15/h1-5H,(H,18,19)(H,20,21). The van der Waals surface area contributed by atoms with Gasteiger partial charge in [0.25, 0.3) is 5.91 Å². The molecule has 1 aromatic carbocycles. The van der Waals surface area contributed by atoms with Gasteiger partial charge in [0.05, 0.1) is 23.0 Å². The number of hydrogen-bond donors (Lipinski definition) is 2. The third kappa shape index (κ3) is 3.37. The Morgan fingerprint density at radius 1 is 1.33 bits per heavy atom. The van der Waals surface area contributed by atoms with Crippen LogP contribution in [-0.2, 0) is 0 Å². The monoisotopic (exact) mass is 372 g/mol. The Morgan fingerprint density at radius 3 is 2.71 bits per heavy atom. The lowest BCUT2D eigenvalue weighted by molar-refractivity contribution is 0.0698. The van der Waals surface area contributed by atoms with E-state index in [4.69, 9.17) is 16.7 Å². The van der Waals surface area contributed by atoms with Gasteiger partial charge < -0.3 is 10.4 Å². The molecule has 0 bridgehead atoms. The number of benzene rings is 1. The molecule has 0 saturated heterocycles. The first-order chi connectivity index (χ1) is 9.90. The number of hydrogen-bond acceptors (Lipinski definition) is 3. The van der Waals surface area contributed by atoms with Crippen molar-refractivity contribution in [1.82, 2.24) is 4.98 Å². The Bertz CT molecular complexity index is 739. The van der Waals surface area contributed by atoms with Crippen LogP contribution in [0.15, 0.2) is 34.9 Å². The number of aromatic carboxylic acids is 1. The minimum Gasteiger partial charge on any atom is -0.478 e. The van der Waals surface area contributed by atoms with Crippen molar-refractivity contribution in [3.05, 3.63) is 57.0 Å².